The Balaban J connectivity index is 1.56. The average molecular weight is 388 g/mol. The Bertz CT molecular complexity index is 1150. The van der Waals surface area contributed by atoms with Crippen LogP contribution in [0, 0.1) is 0 Å². The van der Waals surface area contributed by atoms with Crippen molar-refractivity contribution in [2.45, 2.75) is 18.9 Å². The van der Waals surface area contributed by atoms with E-state index in [1.165, 1.54) is 10.4 Å². The zero-order valence-corrected chi connectivity index (χ0v) is 16.5. The lowest BCUT2D eigenvalue weighted by Crippen LogP contribution is -2.40. The fourth-order valence-electron chi connectivity index (χ4n) is 4.24. The van der Waals surface area contributed by atoms with Crippen molar-refractivity contribution in [1.82, 2.24) is 14.5 Å². The highest BCUT2D eigenvalue weighted by molar-refractivity contribution is 7.10. The number of benzene rings is 1. The molecule has 5 heteroatoms. The molecule has 1 atom stereocenters. The number of fused-ring (bicyclic) bond motifs is 2. The smallest absolute Gasteiger partial charge is 0.256 e. The van der Waals surface area contributed by atoms with Gasteiger partial charge in [-0.3, -0.25) is 9.78 Å². The largest absolute Gasteiger partial charge is 0.350 e. The highest BCUT2D eigenvalue weighted by atomic mass is 32.1. The van der Waals surface area contributed by atoms with E-state index in [1.54, 1.807) is 17.5 Å². The zero-order chi connectivity index (χ0) is 19.1. The zero-order valence-electron chi connectivity index (χ0n) is 15.7. The van der Waals surface area contributed by atoms with Gasteiger partial charge < -0.3 is 9.47 Å². The molecule has 1 unspecified atom stereocenters. The Morgan fingerprint density at radius 1 is 1.21 bits per heavy atom. The molecular weight excluding hydrogens is 366 g/mol. The van der Waals surface area contributed by atoms with Gasteiger partial charge in [-0.25, -0.2) is 0 Å². The van der Waals surface area contributed by atoms with Crippen molar-refractivity contribution in [2.24, 2.45) is 7.05 Å². The monoisotopic (exact) mass is 387 g/mol. The van der Waals surface area contributed by atoms with E-state index >= 15 is 0 Å². The summed E-state index contributed by atoms with van der Waals surface area (Å²) in [5, 5.41) is 3.17. The van der Waals surface area contributed by atoms with Crippen molar-refractivity contribution >= 4 is 28.1 Å². The number of amides is 1. The van der Waals surface area contributed by atoms with Gasteiger partial charge in [-0.1, -0.05) is 24.3 Å². The minimum Gasteiger partial charge on any atom is -0.350 e. The maximum Gasteiger partial charge on any atom is 0.256 e. The van der Waals surface area contributed by atoms with Crippen LogP contribution in [0.15, 0.2) is 66.4 Å². The van der Waals surface area contributed by atoms with E-state index in [-0.39, 0.29) is 11.9 Å². The van der Waals surface area contributed by atoms with Crippen LogP contribution in [0.3, 0.4) is 0 Å². The van der Waals surface area contributed by atoms with Gasteiger partial charge in [0.15, 0.2) is 0 Å². The summed E-state index contributed by atoms with van der Waals surface area (Å²) in [6, 6.07) is 14.4. The van der Waals surface area contributed by atoms with Gasteiger partial charge in [0.05, 0.1) is 11.6 Å². The second kappa shape index (κ2) is 6.91. The summed E-state index contributed by atoms with van der Waals surface area (Å²) >= 11 is 1.76. The molecule has 5 rings (SSSR count). The lowest BCUT2D eigenvalue weighted by Gasteiger charge is -2.36. The first-order valence-electron chi connectivity index (χ1n) is 9.52. The molecule has 4 nitrogen and oxygen atoms in total. The lowest BCUT2D eigenvalue weighted by molar-refractivity contribution is 0.0666. The molecule has 0 spiro atoms. The van der Waals surface area contributed by atoms with E-state index in [2.05, 4.69) is 33.5 Å². The van der Waals surface area contributed by atoms with E-state index in [0.717, 1.165) is 41.4 Å². The number of hydrogen-bond donors (Lipinski definition) is 0. The molecule has 0 radical (unpaired) electrons. The number of aryl methyl sites for hydroxylation is 1. The first-order chi connectivity index (χ1) is 13.7. The van der Waals surface area contributed by atoms with Crippen molar-refractivity contribution < 1.29 is 4.79 Å². The number of rotatable bonds is 3. The number of aromatic nitrogens is 2. The molecular formula is C23H21N3OS. The summed E-state index contributed by atoms with van der Waals surface area (Å²) < 4.78 is 2.04. The Labute approximate surface area is 168 Å². The Morgan fingerprint density at radius 3 is 2.96 bits per heavy atom. The highest BCUT2D eigenvalue weighted by Crippen LogP contribution is 2.37. The van der Waals surface area contributed by atoms with Crippen molar-refractivity contribution in [3.8, 4) is 0 Å². The molecule has 0 bridgehead atoms. The minimum absolute atomic E-state index is 0.0550. The van der Waals surface area contributed by atoms with Crippen molar-refractivity contribution in [3.63, 3.8) is 0 Å². The van der Waals surface area contributed by atoms with Crippen LogP contribution in [0.1, 0.15) is 32.4 Å². The Morgan fingerprint density at radius 2 is 2.11 bits per heavy atom. The second-order valence-electron chi connectivity index (χ2n) is 7.31. The van der Waals surface area contributed by atoms with Crippen LogP contribution >= 0.6 is 11.3 Å². The van der Waals surface area contributed by atoms with Crippen molar-refractivity contribution in [3.05, 3.63) is 88.0 Å². The fraction of sp³-hybridized carbons (Fsp3) is 0.217. The highest BCUT2D eigenvalue weighted by Gasteiger charge is 2.33. The summed E-state index contributed by atoms with van der Waals surface area (Å²) in [5.74, 6) is 0.116. The first-order valence-corrected chi connectivity index (χ1v) is 10.4. The summed E-state index contributed by atoms with van der Waals surface area (Å²) in [4.78, 5) is 21.3. The third-order valence-corrected chi connectivity index (χ3v) is 6.68. The molecule has 0 aliphatic carbocycles. The van der Waals surface area contributed by atoms with E-state index in [4.69, 9.17) is 0 Å². The van der Waals surface area contributed by atoms with Crippen LogP contribution < -0.4 is 0 Å². The summed E-state index contributed by atoms with van der Waals surface area (Å²) in [5.41, 5.74) is 4.41. The minimum atomic E-state index is 0.0550. The van der Waals surface area contributed by atoms with Gasteiger partial charge in [0, 0.05) is 48.0 Å². The molecule has 1 amide bonds. The molecule has 1 aromatic carbocycles. The SMILES string of the molecule is Cn1cc(C(=O)N2CCc3ccsc3C2Cc2cccnc2)c2ccccc21. The summed E-state index contributed by atoms with van der Waals surface area (Å²) in [7, 11) is 2.00. The van der Waals surface area contributed by atoms with E-state index in [1.807, 2.05) is 48.3 Å². The van der Waals surface area contributed by atoms with Crippen LogP contribution in [-0.4, -0.2) is 26.9 Å². The number of para-hydroxylation sites is 1. The number of carbonyl (C=O) groups excluding carboxylic acids is 1. The van der Waals surface area contributed by atoms with E-state index < -0.39 is 0 Å². The van der Waals surface area contributed by atoms with Crippen LogP contribution in [0.25, 0.3) is 10.9 Å². The topological polar surface area (TPSA) is 38.1 Å². The number of pyridine rings is 1. The number of carbonyl (C=O) groups is 1. The van der Waals surface area contributed by atoms with Gasteiger partial charge in [0.25, 0.3) is 5.91 Å². The summed E-state index contributed by atoms with van der Waals surface area (Å²) in [6.45, 7) is 0.747. The molecule has 0 saturated carbocycles. The number of hydrogen-bond acceptors (Lipinski definition) is 3. The fourth-order valence-corrected chi connectivity index (χ4v) is 5.31. The van der Waals surface area contributed by atoms with Crippen molar-refractivity contribution in [2.75, 3.05) is 6.54 Å². The predicted molar refractivity (Wildman–Crippen MR) is 113 cm³/mol. The van der Waals surface area contributed by atoms with Crippen molar-refractivity contribution in [1.29, 1.82) is 0 Å². The molecule has 28 heavy (non-hydrogen) atoms. The lowest BCUT2D eigenvalue weighted by atomic mass is 9.95. The molecule has 140 valence electrons. The molecule has 1 aliphatic heterocycles. The van der Waals surface area contributed by atoms with Gasteiger partial charge in [0.2, 0.25) is 0 Å². The van der Waals surface area contributed by atoms with Crippen LogP contribution in [-0.2, 0) is 19.9 Å². The van der Waals surface area contributed by atoms with Gasteiger partial charge in [-0.2, -0.15) is 0 Å². The Hall–Kier alpha value is -2.92. The van der Waals surface area contributed by atoms with E-state index in [9.17, 15) is 4.79 Å². The Kier molecular flexibility index (Phi) is 4.24. The molecule has 0 saturated heterocycles. The molecule has 1 aliphatic rings. The second-order valence-corrected chi connectivity index (χ2v) is 8.26. The number of thiophene rings is 1. The maximum atomic E-state index is 13.7. The van der Waals surface area contributed by atoms with Gasteiger partial charge >= 0.3 is 0 Å². The molecule has 4 aromatic rings. The normalized spacial score (nSPS) is 16.3. The van der Waals surface area contributed by atoms with Gasteiger partial charge in [0.1, 0.15) is 0 Å². The van der Waals surface area contributed by atoms with E-state index in [0.29, 0.717) is 0 Å². The maximum absolute atomic E-state index is 13.7. The van der Waals surface area contributed by atoms with Gasteiger partial charge in [-0.05, 0) is 47.5 Å². The van der Waals surface area contributed by atoms with Crippen LogP contribution in [0.5, 0.6) is 0 Å². The van der Waals surface area contributed by atoms with Crippen LogP contribution in [0.4, 0.5) is 0 Å². The quantitative estimate of drug-likeness (QED) is 0.515. The molecule has 4 heterocycles. The first kappa shape index (κ1) is 17.2. The third kappa shape index (κ3) is 2.83. The summed E-state index contributed by atoms with van der Waals surface area (Å²) in [6.07, 6.45) is 7.37. The molecule has 0 N–H and O–H groups in total. The molecule has 3 aromatic heterocycles. The molecule has 0 fully saturated rings. The van der Waals surface area contributed by atoms with Gasteiger partial charge in [-0.15, -0.1) is 11.3 Å². The predicted octanol–water partition coefficient (Wildman–Crippen LogP) is 4.62. The average Bonchev–Trinajstić information content (AvgIpc) is 3.34. The number of nitrogens with zero attached hydrogens (tertiary/aromatic N) is 3. The standard InChI is InChI=1S/C23H21N3OS/c1-25-15-19(18-6-2-3-7-20(18)25)23(27)26-11-8-17-9-12-28-22(17)21(26)13-16-5-4-10-24-14-16/h2-7,9-10,12,14-15,21H,8,11,13H2,1H3. The third-order valence-electron chi connectivity index (χ3n) is 5.62. The van der Waals surface area contributed by atoms with Crippen LogP contribution in [0.2, 0.25) is 0 Å².